The maximum Gasteiger partial charge on any atom is 0.309 e. The highest BCUT2D eigenvalue weighted by Crippen LogP contribution is 2.42. The predicted octanol–water partition coefficient (Wildman–Crippen LogP) is 2.73. The van der Waals surface area contributed by atoms with E-state index >= 15 is 0 Å². The fourth-order valence-corrected chi connectivity index (χ4v) is 2.89. The van der Waals surface area contributed by atoms with Crippen LogP contribution in [0.4, 0.5) is 0 Å². The average Bonchev–Trinajstić information content (AvgIpc) is 3.10. The molecular weight excluding hydrogens is 216 g/mol. The first-order chi connectivity index (χ1) is 8.22. The van der Waals surface area contributed by atoms with Gasteiger partial charge in [0.05, 0.1) is 12.5 Å². The standard InChI is InChI=1S/C14H22O3/c1-2-17-14(16)12-9-11(12)13(15)8-10-6-4-3-5-7-10/h10-12H,2-9H2,1H3/t11-,12-/m0/s1. The van der Waals surface area contributed by atoms with Gasteiger partial charge in [-0.2, -0.15) is 0 Å². The second-order valence-electron chi connectivity index (χ2n) is 5.38. The molecule has 0 bridgehead atoms. The minimum absolute atomic E-state index is 0.0176. The van der Waals surface area contributed by atoms with E-state index in [1.807, 2.05) is 0 Å². The van der Waals surface area contributed by atoms with Gasteiger partial charge in [-0.15, -0.1) is 0 Å². The van der Waals surface area contributed by atoms with Crippen molar-refractivity contribution in [3.63, 3.8) is 0 Å². The van der Waals surface area contributed by atoms with Gasteiger partial charge in [-0.3, -0.25) is 9.59 Å². The molecule has 96 valence electrons. The van der Waals surface area contributed by atoms with E-state index in [9.17, 15) is 9.59 Å². The molecule has 0 unspecified atom stereocenters. The summed E-state index contributed by atoms with van der Waals surface area (Å²) >= 11 is 0. The van der Waals surface area contributed by atoms with Gasteiger partial charge in [-0.1, -0.05) is 32.1 Å². The fourth-order valence-electron chi connectivity index (χ4n) is 2.89. The SMILES string of the molecule is CCOC(=O)[C@H]1C[C@@H]1C(=O)CC1CCCCC1. The Labute approximate surface area is 103 Å². The lowest BCUT2D eigenvalue weighted by Crippen LogP contribution is -2.16. The summed E-state index contributed by atoms with van der Waals surface area (Å²) in [5.74, 6) is 0.575. The summed E-state index contributed by atoms with van der Waals surface area (Å²) in [7, 11) is 0. The maximum atomic E-state index is 12.0. The van der Waals surface area contributed by atoms with Crippen molar-refractivity contribution in [3.8, 4) is 0 Å². The highest BCUT2D eigenvalue weighted by Gasteiger charge is 2.48. The summed E-state index contributed by atoms with van der Waals surface area (Å²) in [6, 6.07) is 0. The van der Waals surface area contributed by atoms with Crippen LogP contribution in [0.25, 0.3) is 0 Å². The molecule has 0 saturated heterocycles. The third kappa shape index (κ3) is 3.30. The van der Waals surface area contributed by atoms with Gasteiger partial charge in [-0.25, -0.2) is 0 Å². The van der Waals surface area contributed by atoms with Crippen molar-refractivity contribution in [1.82, 2.24) is 0 Å². The quantitative estimate of drug-likeness (QED) is 0.692. The van der Waals surface area contributed by atoms with E-state index in [0.29, 0.717) is 24.7 Å². The van der Waals surface area contributed by atoms with Crippen LogP contribution in [0.3, 0.4) is 0 Å². The number of hydrogen-bond acceptors (Lipinski definition) is 3. The molecule has 3 nitrogen and oxygen atoms in total. The zero-order chi connectivity index (χ0) is 12.3. The van der Waals surface area contributed by atoms with E-state index in [4.69, 9.17) is 4.74 Å². The zero-order valence-electron chi connectivity index (χ0n) is 10.6. The van der Waals surface area contributed by atoms with Crippen LogP contribution in [0.1, 0.15) is 51.9 Å². The molecule has 0 aromatic carbocycles. The normalized spacial score (nSPS) is 28.8. The molecule has 0 amide bonds. The molecule has 2 atom stereocenters. The number of carbonyl (C=O) groups excluding carboxylic acids is 2. The van der Waals surface area contributed by atoms with Gasteiger partial charge in [0.25, 0.3) is 0 Å². The van der Waals surface area contributed by atoms with Gasteiger partial charge in [0.2, 0.25) is 0 Å². The zero-order valence-corrected chi connectivity index (χ0v) is 10.6. The number of esters is 1. The molecule has 2 saturated carbocycles. The Morgan fingerprint density at radius 3 is 2.47 bits per heavy atom. The van der Waals surface area contributed by atoms with Gasteiger partial charge in [0, 0.05) is 12.3 Å². The van der Waals surface area contributed by atoms with E-state index in [0.717, 1.165) is 6.42 Å². The minimum Gasteiger partial charge on any atom is -0.466 e. The Bertz CT molecular complexity index is 292. The molecule has 17 heavy (non-hydrogen) atoms. The maximum absolute atomic E-state index is 12.0. The van der Waals surface area contributed by atoms with Crippen molar-refractivity contribution < 1.29 is 14.3 Å². The van der Waals surface area contributed by atoms with Crippen LogP contribution in [0, 0.1) is 17.8 Å². The lowest BCUT2D eigenvalue weighted by atomic mass is 9.85. The Hall–Kier alpha value is -0.860. The van der Waals surface area contributed by atoms with Crippen molar-refractivity contribution in [2.45, 2.75) is 51.9 Å². The van der Waals surface area contributed by atoms with Crippen LogP contribution in [-0.4, -0.2) is 18.4 Å². The Morgan fingerprint density at radius 2 is 1.82 bits per heavy atom. The number of Topliss-reactive ketones (excluding diaryl/α,β-unsaturated/α-hetero) is 1. The molecular formula is C14H22O3. The van der Waals surface area contributed by atoms with Gasteiger partial charge in [0.1, 0.15) is 5.78 Å². The molecule has 0 aromatic rings. The number of rotatable bonds is 5. The third-order valence-electron chi connectivity index (χ3n) is 4.01. The van der Waals surface area contributed by atoms with Crippen LogP contribution in [0.15, 0.2) is 0 Å². The molecule has 3 heteroatoms. The molecule has 0 aliphatic heterocycles. The number of ketones is 1. The Morgan fingerprint density at radius 1 is 1.12 bits per heavy atom. The highest BCUT2D eigenvalue weighted by atomic mass is 16.5. The highest BCUT2D eigenvalue weighted by molar-refractivity contribution is 5.91. The van der Waals surface area contributed by atoms with Crippen molar-refractivity contribution in [2.24, 2.45) is 17.8 Å². The lowest BCUT2D eigenvalue weighted by molar-refractivity contribution is -0.145. The number of hydrogen-bond donors (Lipinski definition) is 0. The van der Waals surface area contributed by atoms with E-state index in [2.05, 4.69) is 0 Å². The summed E-state index contributed by atoms with van der Waals surface area (Å²) in [6.45, 7) is 2.22. The fraction of sp³-hybridized carbons (Fsp3) is 0.857. The van der Waals surface area contributed by atoms with Gasteiger partial charge < -0.3 is 4.74 Å². The summed E-state index contributed by atoms with van der Waals surface area (Å²) < 4.78 is 4.95. The number of carbonyl (C=O) groups is 2. The first kappa shape index (κ1) is 12.6. The third-order valence-corrected chi connectivity index (χ3v) is 4.01. The summed E-state index contributed by atoms with van der Waals surface area (Å²) in [6.07, 6.45) is 7.67. The lowest BCUT2D eigenvalue weighted by Gasteiger charge is -2.20. The Kier molecular flexibility index (Phi) is 4.19. The minimum atomic E-state index is -0.172. The number of ether oxygens (including phenoxy) is 1. The summed E-state index contributed by atoms with van der Waals surface area (Å²) in [4.78, 5) is 23.4. The molecule has 0 spiro atoms. The van der Waals surface area contributed by atoms with E-state index in [1.165, 1.54) is 32.1 Å². The van der Waals surface area contributed by atoms with Crippen molar-refractivity contribution in [3.05, 3.63) is 0 Å². The van der Waals surface area contributed by atoms with Crippen LogP contribution in [-0.2, 0) is 14.3 Å². The first-order valence-electron chi connectivity index (χ1n) is 6.91. The largest absolute Gasteiger partial charge is 0.466 e. The molecule has 2 aliphatic rings. The predicted molar refractivity (Wildman–Crippen MR) is 64.4 cm³/mol. The molecule has 0 radical (unpaired) electrons. The second-order valence-corrected chi connectivity index (χ2v) is 5.38. The van der Waals surface area contributed by atoms with Gasteiger partial charge in [-0.05, 0) is 19.3 Å². The van der Waals surface area contributed by atoms with Crippen molar-refractivity contribution in [2.75, 3.05) is 6.61 Å². The molecule has 0 aromatic heterocycles. The molecule has 2 rings (SSSR count). The monoisotopic (exact) mass is 238 g/mol. The van der Waals surface area contributed by atoms with Crippen LogP contribution < -0.4 is 0 Å². The van der Waals surface area contributed by atoms with Gasteiger partial charge in [0.15, 0.2) is 0 Å². The van der Waals surface area contributed by atoms with E-state index in [1.54, 1.807) is 6.92 Å². The van der Waals surface area contributed by atoms with Crippen molar-refractivity contribution in [1.29, 1.82) is 0 Å². The topological polar surface area (TPSA) is 43.4 Å². The summed E-state index contributed by atoms with van der Waals surface area (Å²) in [5.41, 5.74) is 0. The molecule has 0 heterocycles. The summed E-state index contributed by atoms with van der Waals surface area (Å²) in [5, 5.41) is 0. The van der Waals surface area contributed by atoms with Crippen LogP contribution in [0.2, 0.25) is 0 Å². The van der Waals surface area contributed by atoms with Crippen molar-refractivity contribution >= 4 is 11.8 Å². The van der Waals surface area contributed by atoms with E-state index in [-0.39, 0.29) is 17.8 Å². The smallest absolute Gasteiger partial charge is 0.309 e. The first-order valence-corrected chi connectivity index (χ1v) is 6.91. The van der Waals surface area contributed by atoms with Gasteiger partial charge >= 0.3 is 5.97 Å². The molecule has 2 aliphatic carbocycles. The average molecular weight is 238 g/mol. The second kappa shape index (κ2) is 5.65. The van der Waals surface area contributed by atoms with Crippen LogP contribution in [0.5, 0.6) is 0 Å². The molecule has 0 N–H and O–H groups in total. The van der Waals surface area contributed by atoms with Crippen LogP contribution >= 0.6 is 0 Å². The van der Waals surface area contributed by atoms with E-state index < -0.39 is 0 Å². The molecule has 2 fully saturated rings. The Balaban J connectivity index is 1.73.